The van der Waals surface area contributed by atoms with E-state index in [1.807, 2.05) is 0 Å². The lowest BCUT2D eigenvalue weighted by molar-refractivity contribution is -0.365. The van der Waals surface area contributed by atoms with Gasteiger partial charge >= 0.3 is 0 Å². The highest BCUT2D eigenvalue weighted by Gasteiger charge is 2.85. The zero-order valence-electron chi connectivity index (χ0n) is 23.4. The highest BCUT2D eigenvalue weighted by atomic mass is 79.9. The number of carbonyl (C=O) groups is 4. The Labute approximate surface area is 265 Å². The standard InChI is InChI=1S/C34H27BrO10/c35-34(44)33(43,29(40)24-19-11-4-12-20-24)32(42,28(39)23-17-9-3-10-18-23)31(41,27(38)22-15-7-2-8-16-22)30(45-34)26(37)25(36)21-13-5-1-6-14-21/h1-20,26,30,37,41-44H/t26?,30-,31-,32+,33+,34-/m1/s1. The molecule has 5 N–H and O–H groups in total. The van der Waals surface area contributed by atoms with Crippen LogP contribution in [0, 0.1) is 0 Å². The van der Waals surface area contributed by atoms with Gasteiger partial charge in [0.05, 0.1) is 0 Å². The highest BCUT2D eigenvalue weighted by Crippen LogP contribution is 2.55. The largest absolute Gasteiger partial charge is 0.382 e. The van der Waals surface area contributed by atoms with Crippen molar-refractivity contribution in [1.82, 2.24) is 0 Å². The normalized spacial score (nSPS) is 28.5. The maximum atomic E-state index is 14.5. The Balaban J connectivity index is 1.86. The first-order chi connectivity index (χ1) is 21.3. The van der Waals surface area contributed by atoms with Crippen molar-refractivity contribution in [3.63, 3.8) is 0 Å². The van der Waals surface area contributed by atoms with E-state index < -0.39 is 62.4 Å². The summed E-state index contributed by atoms with van der Waals surface area (Å²) in [5, 5.41) is 60.8. The van der Waals surface area contributed by atoms with Crippen molar-refractivity contribution in [2.24, 2.45) is 0 Å². The first-order valence-electron chi connectivity index (χ1n) is 13.7. The van der Waals surface area contributed by atoms with Gasteiger partial charge in [-0.3, -0.25) is 19.2 Å². The second-order valence-corrected chi connectivity index (χ2v) is 11.6. The molecule has 1 heterocycles. The number of alkyl halides is 1. The molecular formula is C34H27BrO10. The van der Waals surface area contributed by atoms with Gasteiger partial charge in [0.15, 0.2) is 11.4 Å². The summed E-state index contributed by atoms with van der Waals surface area (Å²) in [6.07, 6.45) is -5.22. The summed E-state index contributed by atoms with van der Waals surface area (Å²) in [7, 11) is 0. The van der Waals surface area contributed by atoms with Crippen molar-refractivity contribution < 1.29 is 49.4 Å². The first-order valence-corrected chi connectivity index (χ1v) is 14.4. The molecular weight excluding hydrogens is 648 g/mol. The van der Waals surface area contributed by atoms with E-state index in [-0.39, 0.29) is 16.7 Å². The van der Waals surface area contributed by atoms with Crippen LogP contribution in [-0.2, 0) is 4.74 Å². The van der Waals surface area contributed by atoms with Crippen LogP contribution >= 0.6 is 15.9 Å². The molecule has 0 spiro atoms. The third-order valence-corrected chi connectivity index (χ3v) is 8.70. The van der Waals surface area contributed by atoms with Crippen LogP contribution in [0.3, 0.4) is 0 Å². The summed E-state index contributed by atoms with van der Waals surface area (Å²) in [6.45, 7) is 0. The fraction of sp³-hybridized carbons (Fsp3) is 0.176. The molecule has 1 fully saturated rings. The van der Waals surface area contributed by atoms with Gasteiger partial charge in [-0.1, -0.05) is 121 Å². The molecule has 45 heavy (non-hydrogen) atoms. The SMILES string of the molecule is O=C(c1ccccc1)C(O)[C@H]1O[C@@](O)(Br)[C@](O)(C(=O)c2ccccc2)[C@](O)(C(=O)c2ccccc2)[C@@]1(O)C(=O)c1ccccc1. The first kappa shape index (κ1) is 32.2. The van der Waals surface area contributed by atoms with Crippen LogP contribution in [0.15, 0.2) is 121 Å². The molecule has 1 saturated heterocycles. The van der Waals surface area contributed by atoms with Crippen LogP contribution in [-0.4, -0.2) is 82.4 Å². The van der Waals surface area contributed by atoms with Gasteiger partial charge in [0.25, 0.3) is 4.70 Å². The maximum absolute atomic E-state index is 14.5. The van der Waals surface area contributed by atoms with Gasteiger partial charge in [-0.2, -0.15) is 0 Å². The predicted molar refractivity (Wildman–Crippen MR) is 163 cm³/mol. The number of benzene rings is 4. The quantitative estimate of drug-likeness (QED) is 0.131. The minimum absolute atomic E-state index is 0.125. The van der Waals surface area contributed by atoms with Crippen LogP contribution in [0.5, 0.6) is 0 Å². The van der Waals surface area contributed by atoms with Crippen LogP contribution in [0.2, 0.25) is 0 Å². The third kappa shape index (κ3) is 4.89. The molecule has 0 saturated carbocycles. The lowest BCUT2D eigenvalue weighted by Gasteiger charge is -2.60. The topological polar surface area (TPSA) is 179 Å². The average Bonchev–Trinajstić information content (AvgIpc) is 3.08. The fourth-order valence-electron chi connectivity index (χ4n) is 5.59. The van der Waals surface area contributed by atoms with Gasteiger partial charge in [-0.25, -0.2) is 0 Å². The molecule has 0 bridgehead atoms. The summed E-state index contributed by atoms with van der Waals surface area (Å²) >= 11 is 2.71. The lowest BCUT2D eigenvalue weighted by atomic mass is 9.57. The molecule has 0 aromatic heterocycles. The third-order valence-electron chi connectivity index (χ3n) is 7.94. The Morgan fingerprint density at radius 3 is 1.29 bits per heavy atom. The van der Waals surface area contributed by atoms with Gasteiger partial charge in [0, 0.05) is 22.3 Å². The highest BCUT2D eigenvalue weighted by molar-refractivity contribution is 9.10. The van der Waals surface area contributed by atoms with Gasteiger partial charge in [0.2, 0.25) is 28.6 Å². The van der Waals surface area contributed by atoms with Crippen LogP contribution in [0.25, 0.3) is 0 Å². The molecule has 10 nitrogen and oxygen atoms in total. The van der Waals surface area contributed by atoms with E-state index in [4.69, 9.17) is 4.74 Å². The minimum Gasteiger partial charge on any atom is -0.382 e. The van der Waals surface area contributed by atoms with E-state index >= 15 is 0 Å². The van der Waals surface area contributed by atoms with Crippen molar-refractivity contribution in [2.75, 3.05) is 0 Å². The Kier molecular flexibility index (Phi) is 8.55. The molecule has 230 valence electrons. The molecule has 4 aromatic rings. The molecule has 4 aromatic carbocycles. The number of aliphatic hydroxyl groups excluding tert-OH is 1. The molecule has 1 aliphatic heterocycles. The summed E-state index contributed by atoms with van der Waals surface area (Å²) in [5.41, 5.74) is -13.0. The molecule has 0 radical (unpaired) electrons. The maximum Gasteiger partial charge on any atom is 0.265 e. The zero-order valence-corrected chi connectivity index (χ0v) is 24.9. The number of ether oxygens (including phenoxy) is 1. The summed E-state index contributed by atoms with van der Waals surface area (Å²) < 4.78 is 2.02. The molecule has 6 atom stereocenters. The lowest BCUT2D eigenvalue weighted by Crippen LogP contribution is -2.89. The Bertz CT molecular complexity index is 1730. The van der Waals surface area contributed by atoms with Crippen LogP contribution < -0.4 is 0 Å². The van der Waals surface area contributed by atoms with Gasteiger partial charge in [-0.05, 0) is 15.9 Å². The average molecular weight is 675 g/mol. The summed E-state index contributed by atoms with van der Waals surface area (Å²) in [5.74, 6) is -5.80. The van der Waals surface area contributed by atoms with E-state index in [9.17, 15) is 44.7 Å². The Morgan fingerprint density at radius 1 is 0.556 bits per heavy atom. The monoisotopic (exact) mass is 674 g/mol. The Hall–Kier alpha value is -4.20. The van der Waals surface area contributed by atoms with E-state index in [2.05, 4.69) is 15.9 Å². The molecule has 1 aliphatic rings. The zero-order chi connectivity index (χ0) is 32.6. The van der Waals surface area contributed by atoms with Crippen LogP contribution in [0.4, 0.5) is 0 Å². The van der Waals surface area contributed by atoms with Crippen molar-refractivity contribution in [3.05, 3.63) is 144 Å². The number of hydrogen-bond donors (Lipinski definition) is 5. The molecule has 0 aliphatic carbocycles. The van der Waals surface area contributed by atoms with E-state index in [1.54, 1.807) is 6.07 Å². The summed E-state index contributed by atoms with van der Waals surface area (Å²) in [4.78, 5) is 56.6. The van der Waals surface area contributed by atoms with Crippen LogP contribution in [0.1, 0.15) is 41.4 Å². The van der Waals surface area contributed by atoms with Crippen molar-refractivity contribution in [3.8, 4) is 0 Å². The number of halogens is 1. The molecule has 11 heteroatoms. The molecule has 5 rings (SSSR count). The second kappa shape index (κ2) is 12.0. The van der Waals surface area contributed by atoms with E-state index in [0.717, 1.165) is 0 Å². The molecule has 1 unspecified atom stereocenters. The van der Waals surface area contributed by atoms with Gasteiger partial charge in [0.1, 0.15) is 12.2 Å². The van der Waals surface area contributed by atoms with E-state index in [1.165, 1.54) is 115 Å². The van der Waals surface area contributed by atoms with Crippen molar-refractivity contribution in [1.29, 1.82) is 0 Å². The number of Topliss-reactive ketones (excluding diaryl/α,β-unsaturated/α-hetero) is 4. The Morgan fingerprint density at radius 2 is 0.889 bits per heavy atom. The molecule has 0 amide bonds. The van der Waals surface area contributed by atoms with E-state index in [0.29, 0.717) is 0 Å². The van der Waals surface area contributed by atoms with Gasteiger partial charge < -0.3 is 30.3 Å². The number of rotatable bonds is 9. The smallest absolute Gasteiger partial charge is 0.265 e. The summed E-state index contributed by atoms with van der Waals surface area (Å²) in [6, 6.07) is 27.1. The predicted octanol–water partition coefficient (Wildman–Crippen LogP) is 2.51. The minimum atomic E-state index is -4.04. The van der Waals surface area contributed by atoms with Gasteiger partial charge in [-0.15, -0.1) is 0 Å². The number of aliphatic hydroxyl groups is 5. The van der Waals surface area contributed by atoms with Crippen molar-refractivity contribution in [2.45, 2.75) is 33.7 Å². The fourth-order valence-corrected chi connectivity index (χ4v) is 6.26. The second-order valence-electron chi connectivity index (χ2n) is 10.5. The number of ketones is 4. The van der Waals surface area contributed by atoms with Crippen molar-refractivity contribution >= 4 is 39.1 Å². The number of carbonyl (C=O) groups excluding carboxylic acids is 4. The number of hydrogen-bond acceptors (Lipinski definition) is 10.